The van der Waals surface area contributed by atoms with Crippen molar-refractivity contribution < 1.29 is 0 Å². The summed E-state index contributed by atoms with van der Waals surface area (Å²) in [4.78, 5) is 2.80. The van der Waals surface area contributed by atoms with Gasteiger partial charge in [-0.2, -0.15) is 0 Å². The fraction of sp³-hybridized carbons (Fsp3) is 0.667. The lowest BCUT2D eigenvalue weighted by molar-refractivity contribution is 0.0960. The first kappa shape index (κ1) is 13.2. The molecule has 1 saturated heterocycles. The minimum absolute atomic E-state index is 0.802. The van der Waals surface area contributed by atoms with Crippen LogP contribution in [0.15, 0.2) is 24.3 Å². The molecule has 1 heteroatoms. The Hall–Kier alpha value is -0.820. The zero-order valence-electron chi connectivity index (χ0n) is 12.4. The van der Waals surface area contributed by atoms with Crippen LogP contribution in [0.2, 0.25) is 0 Å². The molecule has 1 fully saturated rings. The van der Waals surface area contributed by atoms with E-state index in [1.807, 2.05) is 0 Å². The summed E-state index contributed by atoms with van der Waals surface area (Å²) in [5, 5.41) is 0. The summed E-state index contributed by atoms with van der Waals surface area (Å²) in [5.74, 6) is 1.72. The average molecular weight is 257 g/mol. The molecule has 19 heavy (non-hydrogen) atoms. The van der Waals surface area contributed by atoms with E-state index in [2.05, 4.69) is 43.0 Å². The third-order valence-electron chi connectivity index (χ3n) is 4.99. The van der Waals surface area contributed by atoms with Crippen LogP contribution in [0.1, 0.15) is 44.2 Å². The number of hydrogen-bond donors (Lipinski definition) is 0. The lowest BCUT2D eigenvalue weighted by Gasteiger charge is -2.42. The highest BCUT2D eigenvalue weighted by atomic mass is 15.2. The van der Waals surface area contributed by atoms with E-state index in [-0.39, 0.29) is 0 Å². The minimum atomic E-state index is 0.802. The molecule has 3 aliphatic rings. The topological polar surface area (TPSA) is 3.24 Å². The maximum atomic E-state index is 2.80. The molecule has 0 radical (unpaired) electrons. The van der Waals surface area contributed by atoms with Crippen LogP contribution in [0.25, 0.3) is 0 Å². The molecule has 1 aromatic carbocycles. The van der Waals surface area contributed by atoms with Gasteiger partial charge in [-0.15, -0.1) is 0 Å². The predicted molar refractivity (Wildman–Crippen MR) is 81.4 cm³/mol. The lowest BCUT2D eigenvalue weighted by Crippen LogP contribution is -2.47. The minimum Gasteiger partial charge on any atom is -0.300 e. The summed E-state index contributed by atoms with van der Waals surface area (Å²) in [6, 6.07) is 9.94. The first-order chi connectivity index (χ1) is 9.22. The molecule has 0 N–H and O–H groups in total. The fourth-order valence-electron chi connectivity index (χ4n) is 3.80. The van der Waals surface area contributed by atoms with Crippen molar-refractivity contribution in [1.29, 1.82) is 0 Å². The molecule has 4 rings (SSSR count). The van der Waals surface area contributed by atoms with Gasteiger partial charge in [0, 0.05) is 12.6 Å². The van der Waals surface area contributed by atoms with E-state index in [1.165, 1.54) is 45.2 Å². The van der Waals surface area contributed by atoms with Crippen LogP contribution in [0.5, 0.6) is 0 Å². The molecule has 1 aliphatic carbocycles. The van der Waals surface area contributed by atoms with Crippen LogP contribution in [-0.4, -0.2) is 24.0 Å². The van der Waals surface area contributed by atoms with Crippen LogP contribution in [0, 0.1) is 11.8 Å². The van der Waals surface area contributed by atoms with Crippen LogP contribution >= 0.6 is 0 Å². The van der Waals surface area contributed by atoms with Crippen LogP contribution in [0.3, 0.4) is 0 Å². The maximum Gasteiger partial charge on any atom is 0.0136 e. The van der Waals surface area contributed by atoms with Gasteiger partial charge in [0.25, 0.3) is 0 Å². The average Bonchev–Trinajstić information content (AvgIpc) is 2.36. The summed E-state index contributed by atoms with van der Waals surface area (Å²) in [6.45, 7) is 7.34. The number of fused-ring (bicyclic) bond motifs is 2. The smallest absolute Gasteiger partial charge is 0.0136 e. The van der Waals surface area contributed by atoms with Gasteiger partial charge in [-0.3, -0.25) is 4.90 Å². The summed E-state index contributed by atoms with van der Waals surface area (Å²) in [5.41, 5.74) is 3.24. The molecule has 0 amide bonds. The zero-order chi connectivity index (χ0) is 13.2. The standard InChI is InChI=1S/C18H27N/c1-14(2)9-10-19-13-15-7-8-18(19)12-17-6-4-3-5-16(17)11-15/h3-6,14-15,18H,7-13H2,1-2H3/t15-,18+/m1/s1. The third-order valence-corrected chi connectivity index (χ3v) is 4.99. The molecule has 1 nitrogen and oxygen atoms in total. The van der Waals surface area contributed by atoms with E-state index in [1.54, 1.807) is 11.1 Å². The second-order valence-electron chi connectivity index (χ2n) is 6.95. The quantitative estimate of drug-likeness (QED) is 0.793. The number of rotatable bonds is 3. The fourth-order valence-corrected chi connectivity index (χ4v) is 3.80. The molecule has 0 saturated carbocycles. The Kier molecular flexibility index (Phi) is 3.93. The van der Waals surface area contributed by atoms with E-state index in [9.17, 15) is 0 Å². The molecule has 1 aromatic rings. The molecule has 2 atom stereocenters. The van der Waals surface area contributed by atoms with Crippen LogP contribution in [-0.2, 0) is 12.8 Å². The Balaban J connectivity index is 1.77. The summed E-state index contributed by atoms with van der Waals surface area (Å²) in [6.07, 6.45) is 6.79. The maximum absolute atomic E-state index is 2.80. The normalized spacial score (nSPS) is 27.1. The molecule has 0 spiro atoms. The van der Waals surface area contributed by atoms with Crippen LogP contribution in [0.4, 0.5) is 0 Å². The molecular formula is C18H27N. The van der Waals surface area contributed by atoms with Crippen molar-refractivity contribution >= 4 is 0 Å². The van der Waals surface area contributed by atoms with Gasteiger partial charge in [0.05, 0.1) is 0 Å². The molecule has 104 valence electrons. The molecule has 2 heterocycles. The molecular weight excluding hydrogens is 230 g/mol. The molecule has 2 bridgehead atoms. The van der Waals surface area contributed by atoms with E-state index in [4.69, 9.17) is 0 Å². The van der Waals surface area contributed by atoms with Crippen molar-refractivity contribution in [2.24, 2.45) is 11.8 Å². The monoisotopic (exact) mass is 257 g/mol. The van der Waals surface area contributed by atoms with Crippen molar-refractivity contribution in [1.82, 2.24) is 4.90 Å². The van der Waals surface area contributed by atoms with Crippen molar-refractivity contribution in [3.8, 4) is 0 Å². The predicted octanol–water partition coefficient (Wildman–Crippen LogP) is 3.91. The highest BCUT2D eigenvalue weighted by molar-refractivity contribution is 5.29. The van der Waals surface area contributed by atoms with Gasteiger partial charge in [0.2, 0.25) is 0 Å². The second kappa shape index (κ2) is 5.66. The lowest BCUT2D eigenvalue weighted by atomic mass is 9.80. The molecule has 2 aliphatic heterocycles. The van der Waals surface area contributed by atoms with Crippen molar-refractivity contribution in [2.75, 3.05) is 13.1 Å². The first-order valence-corrected chi connectivity index (χ1v) is 8.03. The Morgan fingerprint density at radius 1 is 1.11 bits per heavy atom. The summed E-state index contributed by atoms with van der Waals surface area (Å²) in [7, 11) is 0. The van der Waals surface area contributed by atoms with Gasteiger partial charge in [0.1, 0.15) is 0 Å². The van der Waals surface area contributed by atoms with Gasteiger partial charge < -0.3 is 0 Å². The van der Waals surface area contributed by atoms with Gasteiger partial charge in [0.15, 0.2) is 0 Å². The first-order valence-electron chi connectivity index (χ1n) is 8.03. The van der Waals surface area contributed by atoms with Gasteiger partial charge in [-0.1, -0.05) is 38.1 Å². The molecule has 0 aromatic heterocycles. The summed E-state index contributed by atoms with van der Waals surface area (Å²) >= 11 is 0. The zero-order valence-corrected chi connectivity index (χ0v) is 12.4. The van der Waals surface area contributed by atoms with E-state index in [0.717, 1.165) is 17.9 Å². The molecule has 0 unspecified atom stereocenters. The van der Waals surface area contributed by atoms with Crippen LogP contribution < -0.4 is 0 Å². The largest absolute Gasteiger partial charge is 0.300 e. The van der Waals surface area contributed by atoms with Crippen molar-refractivity contribution in [3.63, 3.8) is 0 Å². The highest BCUT2D eigenvalue weighted by Crippen LogP contribution is 2.32. The highest BCUT2D eigenvalue weighted by Gasteiger charge is 2.31. The Labute approximate surface area is 118 Å². The van der Waals surface area contributed by atoms with E-state index in [0.29, 0.717) is 0 Å². The Morgan fingerprint density at radius 3 is 2.58 bits per heavy atom. The number of benzene rings is 1. The summed E-state index contributed by atoms with van der Waals surface area (Å²) < 4.78 is 0. The van der Waals surface area contributed by atoms with E-state index >= 15 is 0 Å². The number of piperidine rings is 1. The Bertz CT molecular complexity index is 423. The SMILES string of the molecule is CC(C)CCN1C[C@@H]2CC[C@H]1Cc1ccccc1C2. The van der Waals surface area contributed by atoms with Gasteiger partial charge in [-0.05, 0) is 61.6 Å². The number of hydrogen-bond acceptors (Lipinski definition) is 1. The van der Waals surface area contributed by atoms with Gasteiger partial charge >= 0.3 is 0 Å². The van der Waals surface area contributed by atoms with Crippen molar-refractivity contribution in [3.05, 3.63) is 35.4 Å². The van der Waals surface area contributed by atoms with Crippen molar-refractivity contribution in [2.45, 2.75) is 52.0 Å². The third kappa shape index (κ3) is 3.02. The Morgan fingerprint density at radius 2 is 1.84 bits per heavy atom. The number of nitrogens with zero attached hydrogens (tertiary/aromatic N) is 1. The second-order valence-corrected chi connectivity index (χ2v) is 6.95. The van der Waals surface area contributed by atoms with E-state index < -0.39 is 0 Å². The van der Waals surface area contributed by atoms with Gasteiger partial charge in [-0.25, -0.2) is 0 Å².